The van der Waals surface area contributed by atoms with Crippen LogP contribution in [0.15, 0.2) is 23.1 Å². The second-order valence-corrected chi connectivity index (χ2v) is 8.21. The molecular weight excluding hydrogens is 434 g/mol. The number of carbonyl (C=O) groups is 4. The number of rotatable bonds is 10. The molecule has 2 heterocycles. The number of benzene rings is 1. The largest absolute Gasteiger partial charge is 0.454 e. The third-order valence-corrected chi connectivity index (χ3v) is 6.04. The van der Waals surface area contributed by atoms with Gasteiger partial charge < -0.3 is 19.7 Å². The van der Waals surface area contributed by atoms with Crippen molar-refractivity contribution >= 4 is 40.8 Å². The first-order valence-corrected chi connectivity index (χ1v) is 11.4. The van der Waals surface area contributed by atoms with Gasteiger partial charge in [-0.05, 0) is 55.8 Å². The van der Waals surface area contributed by atoms with E-state index in [4.69, 9.17) is 9.47 Å². The van der Waals surface area contributed by atoms with Gasteiger partial charge >= 0.3 is 0 Å². The van der Waals surface area contributed by atoms with Gasteiger partial charge in [0.05, 0.1) is 4.91 Å². The molecule has 0 saturated carbocycles. The summed E-state index contributed by atoms with van der Waals surface area (Å²) >= 11 is 0.864. The van der Waals surface area contributed by atoms with Gasteiger partial charge in [0, 0.05) is 39.0 Å². The summed E-state index contributed by atoms with van der Waals surface area (Å²) in [4.78, 5) is 52.0. The SMILES string of the molecule is CCN(CC)C(=O)CCCC(=O)NCCN1C(=O)S/C(=C/c2ccc3c(c2)OCO3)C1=O. The maximum Gasteiger partial charge on any atom is 0.293 e. The number of amides is 4. The Hall–Kier alpha value is -3.01. The molecule has 1 N–H and O–H groups in total. The van der Waals surface area contributed by atoms with Crippen LogP contribution in [0.2, 0.25) is 0 Å². The zero-order chi connectivity index (χ0) is 23.1. The molecule has 0 atom stereocenters. The topological polar surface area (TPSA) is 105 Å². The summed E-state index contributed by atoms with van der Waals surface area (Å²) in [5, 5.41) is 2.33. The van der Waals surface area contributed by atoms with Crippen molar-refractivity contribution in [2.75, 3.05) is 33.0 Å². The minimum atomic E-state index is -0.392. The van der Waals surface area contributed by atoms with E-state index in [1.807, 2.05) is 13.8 Å². The van der Waals surface area contributed by atoms with Gasteiger partial charge in [-0.1, -0.05) is 6.07 Å². The maximum atomic E-state index is 12.6. The van der Waals surface area contributed by atoms with E-state index in [1.165, 1.54) is 0 Å². The Labute approximate surface area is 191 Å². The van der Waals surface area contributed by atoms with Gasteiger partial charge in [0.2, 0.25) is 18.6 Å². The molecule has 0 radical (unpaired) electrons. The lowest BCUT2D eigenvalue weighted by Gasteiger charge is -2.18. The summed E-state index contributed by atoms with van der Waals surface area (Å²) in [5.74, 6) is 0.676. The van der Waals surface area contributed by atoms with Crippen LogP contribution in [-0.2, 0) is 14.4 Å². The zero-order valence-electron chi connectivity index (χ0n) is 18.2. The lowest BCUT2D eigenvalue weighted by Crippen LogP contribution is -2.37. The second-order valence-electron chi connectivity index (χ2n) is 7.22. The summed E-state index contributed by atoms with van der Waals surface area (Å²) < 4.78 is 10.6. The average Bonchev–Trinajstić information content (AvgIpc) is 3.34. The fourth-order valence-corrected chi connectivity index (χ4v) is 4.24. The summed E-state index contributed by atoms with van der Waals surface area (Å²) in [7, 11) is 0. The molecule has 3 rings (SSSR count). The Morgan fingerprint density at radius 2 is 1.91 bits per heavy atom. The molecule has 9 nitrogen and oxygen atoms in total. The van der Waals surface area contributed by atoms with Crippen LogP contribution >= 0.6 is 11.8 Å². The van der Waals surface area contributed by atoms with Gasteiger partial charge in [-0.2, -0.15) is 0 Å². The molecule has 0 spiro atoms. The minimum absolute atomic E-state index is 0.0369. The highest BCUT2D eigenvalue weighted by molar-refractivity contribution is 8.18. The maximum absolute atomic E-state index is 12.6. The van der Waals surface area contributed by atoms with Gasteiger partial charge in [0.15, 0.2) is 11.5 Å². The number of nitrogens with zero attached hydrogens (tertiary/aromatic N) is 2. The smallest absolute Gasteiger partial charge is 0.293 e. The lowest BCUT2D eigenvalue weighted by atomic mass is 10.2. The number of carbonyl (C=O) groups excluding carboxylic acids is 4. The highest BCUT2D eigenvalue weighted by Crippen LogP contribution is 2.36. The van der Waals surface area contributed by atoms with Crippen LogP contribution < -0.4 is 14.8 Å². The van der Waals surface area contributed by atoms with Crippen LogP contribution in [0.1, 0.15) is 38.7 Å². The van der Waals surface area contributed by atoms with E-state index in [9.17, 15) is 19.2 Å². The van der Waals surface area contributed by atoms with Gasteiger partial charge in [-0.3, -0.25) is 24.1 Å². The van der Waals surface area contributed by atoms with Crippen LogP contribution in [0.4, 0.5) is 4.79 Å². The van der Waals surface area contributed by atoms with E-state index >= 15 is 0 Å². The van der Waals surface area contributed by atoms with Gasteiger partial charge in [-0.25, -0.2) is 0 Å². The first kappa shape index (κ1) is 23.6. The number of hydrogen-bond acceptors (Lipinski definition) is 7. The Morgan fingerprint density at radius 3 is 2.66 bits per heavy atom. The highest BCUT2D eigenvalue weighted by Gasteiger charge is 2.34. The normalized spacial score (nSPS) is 16.1. The molecule has 1 aromatic rings. The monoisotopic (exact) mass is 461 g/mol. The zero-order valence-corrected chi connectivity index (χ0v) is 19.0. The van der Waals surface area contributed by atoms with Crippen molar-refractivity contribution in [3.63, 3.8) is 0 Å². The van der Waals surface area contributed by atoms with Crippen molar-refractivity contribution in [2.45, 2.75) is 33.1 Å². The van der Waals surface area contributed by atoms with E-state index in [0.717, 1.165) is 22.2 Å². The van der Waals surface area contributed by atoms with Crippen LogP contribution in [0.3, 0.4) is 0 Å². The molecule has 1 fully saturated rings. The van der Waals surface area contributed by atoms with Crippen molar-refractivity contribution in [1.29, 1.82) is 0 Å². The van der Waals surface area contributed by atoms with Crippen molar-refractivity contribution < 1.29 is 28.7 Å². The highest BCUT2D eigenvalue weighted by atomic mass is 32.2. The standard InChI is InChI=1S/C22H27N3O6S/c1-3-24(4-2)20(27)7-5-6-19(26)23-10-11-25-21(28)18(32-22(25)29)13-15-8-9-16-17(12-15)31-14-30-16/h8-9,12-13H,3-7,10-11,14H2,1-2H3,(H,23,26)/b18-13+. The molecule has 0 unspecified atom stereocenters. The first-order valence-electron chi connectivity index (χ1n) is 10.6. The number of fused-ring (bicyclic) bond motifs is 1. The molecule has 1 saturated heterocycles. The fourth-order valence-electron chi connectivity index (χ4n) is 3.38. The molecule has 0 aliphatic carbocycles. The van der Waals surface area contributed by atoms with Crippen molar-refractivity contribution in [3.05, 3.63) is 28.7 Å². The number of nitrogens with one attached hydrogen (secondary N) is 1. The number of imide groups is 1. The second kappa shape index (κ2) is 11.0. The quantitative estimate of drug-likeness (QED) is 0.534. The van der Waals surface area contributed by atoms with E-state index < -0.39 is 5.91 Å². The number of ether oxygens (including phenoxy) is 2. The molecule has 0 aromatic heterocycles. The first-order chi connectivity index (χ1) is 15.4. The molecule has 4 amide bonds. The Bertz CT molecular complexity index is 928. The molecule has 2 aliphatic heterocycles. The summed E-state index contributed by atoms with van der Waals surface area (Å²) in [6.07, 6.45) is 2.64. The molecule has 1 aromatic carbocycles. The molecule has 0 bridgehead atoms. The average molecular weight is 462 g/mol. The van der Waals surface area contributed by atoms with E-state index in [2.05, 4.69) is 5.32 Å². The van der Waals surface area contributed by atoms with Gasteiger partial charge in [0.25, 0.3) is 11.1 Å². The molecule has 172 valence electrons. The van der Waals surface area contributed by atoms with Crippen LogP contribution in [0.25, 0.3) is 6.08 Å². The van der Waals surface area contributed by atoms with E-state index in [0.29, 0.717) is 42.3 Å². The third kappa shape index (κ3) is 5.82. The predicted octanol–water partition coefficient (Wildman–Crippen LogP) is 2.61. The van der Waals surface area contributed by atoms with E-state index in [1.54, 1.807) is 29.2 Å². The van der Waals surface area contributed by atoms with Crippen LogP contribution in [0.5, 0.6) is 11.5 Å². The van der Waals surface area contributed by atoms with Crippen LogP contribution in [-0.4, -0.2) is 65.7 Å². The lowest BCUT2D eigenvalue weighted by molar-refractivity contribution is -0.131. The Balaban J connectivity index is 1.43. The van der Waals surface area contributed by atoms with Gasteiger partial charge in [0.1, 0.15) is 0 Å². The minimum Gasteiger partial charge on any atom is -0.454 e. The van der Waals surface area contributed by atoms with Gasteiger partial charge in [-0.15, -0.1) is 0 Å². The molecule has 32 heavy (non-hydrogen) atoms. The molecule has 10 heteroatoms. The number of thioether (sulfide) groups is 1. The Kier molecular flexibility index (Phi) is 8.15. The third-order valence-electron chi connectivity index (χ3n) is 5.14. The van der Waals surface area contributed by atoms with E-state index in [-0.39, 0.29) is 43.4 Å². The summed E-state index contributed by atoms with van der Waals surface area (Å²) in [6.45, 7) is 5.57. The summed E-state index contributed by atoms with van der Waals surface area (Å²) in [5.41, 5.74) is 0.729. The molecular formula is C22H27N3O6S. The molecule has 2 aliphatic rings. The summed E-state index contributed by atoms with van der Waals surface area (Å²) in [6, 6.07) is 5.29. The fraction of sp³-hybridized carbons (Fsp3) is 0.455. The van der Waals surface area contributed by atoms with Crippen molar-refractivity contribution in [1.82, 2.24) is 15.1 Å². The Morgan fingerprint density at radius 1 is 1.16 bits per heavy atom. The van der Waals surface area contributed by atoms with Crippen LogP contribution in [0, 0.1) is 0 Å². The number of hydrogen-bond donors (Lipinski definition) is 1. The van der Waals surface area contributed by atoms with Crippen molar-refractivity contribution in [3.8, 4) is 11.5 Å². The van der Waals surface area contributed by atoms with Crippen molar-refractivity contribution in [2.24, 2.45) is 0 Å². The predicted molar refractivity (Wildman–Crippen MR) is 120 cm³/mol.